The smallest absolute Gasteiger partial charge is 0.251 e. The van der Waals surface area contributed by atoms with Crippen molar-refractivity contribution in [2.75, 3.05) is 0 Å². The van der Waals surface area contributed by atoms with E-state index < -0.39 is 11.0 Å². The molecule has 41 heavy (non-hydrogen) atoms. The van der Waals surface area contributed by atoms with Gasteiger partial charge >= 0.3 is 0 Å². The number of Topliss-reactive ketones (excluding diaryl/α,β-unsaturated/α-hetero) is 1. The van der Waals surface area contributed by atoms with Crippen molar-refractivity contribution < 1.29 is 14.4 Å². The van der Waals surface area contributed by atoms with Crippen LogP contribution in [0.3, 0.4) is 0 Å². The van der Waals surface area contributed by atoms with Crippen LogP contribution in [0.2, 0.25) is 0 Å². The number of hydrogen-bond acceptors (Lipinski definition) is 3. The quantitative estimate of drug-likeness (QED) is 0.390. The molecule has 5 aliphatic rings. The fourth-order valence-corrected chi connectivity index (χ4v) is 10.3. The summed E-state index contributed by atoms with van der Waals surface area (Å²) in [4.78, 5) is 44.8. The predicted molar refractivity (Wildman–Crippen MR) is 159 cm³/mol. The summed E-state index contributed by atoms with van der Waals surface area (Å²) >= 11 is 0. The van der Waals surface area contributed by atoms with Gasteiger partial charge in [0.05, 0.1) is 6.57 Å². The average Bonchev–Trinajstić information content (AvgIpc) is 2.93. The van der Waals surface area contributed by atoms with Crippen LogP contribution in [0.25, 0.3) is 4.85 Å². The number of rotatable bonds is 2. The van der Waals surface area contributed by atoms with Gasteiger partial charge in [-0.1, -0.05) is 71.4 Å². The van der Waals surface area contributed by atoms with Gasteiger partial charge in [0.15, 0.2) is 11.6 Å². The average molecular weight is 553 g/mol. The second-order valence-electron chi connectivity index (χ2n) is 15.4. The minimum Gasteiger partial charge on any atom is -0.346 e. The first kappa shape index (κ1) is 28.1. The number of nitrogens with zero attached hydrogens (tertiary/aromatic N) is 1. The zero-order valence-electron chi connectivity index (χ0n) is 25.5. The summed E-state index contributed by atoms with van der Waals surface area (Å²) in [5, 5.41) is 3.53. The third-order valence-corrected chi connectivity index (χ3v) is 12.9. The van der Waals surface area contributed by atoms with Gasteiger partial charge in [-0.2, -0.15) is 0 Å². The molecule has 3 fully saturated rings. The Morgan fingerprint density at radius 1 is 0.951 bits per heavy atom. The highest BCUT2D eigenvalue weighted by molar-refractivity contribution is 6.01. The molecule has 1 N–H and O–H groups in total. The number of fused-ring (bicyclic) bond motifs is 7. The minimum atomic E-state index is -0.494. The van der Waals surface area contributed by atoms with Crippen molar-refractivity contribution >= 4 is 17.5 Å². The molecular weight excluding hydrogens is 508 g/mol. The molecule has 0 spiro atoms. The highest BCUT2D eigenvalue weighted by atomic mass is 16.2. The molecule has 1 aromatic carbocycles. The van der Waals surface area contributed by atoms with Gasteiger partial charge in [-0.3, -0.25) is 9.59 Å². The highest BCUT2D eigenvalue weighted by Crippen LogP contribution is 2.72. The van der Waals surface area contributed by atoms with Crippen LogP contribution < -0.4 is 5.32 Å². The largest absolute Gasteiger partial charge is 0.346 e. The van der Waals surface area contributed by atoms with Gasteiger partial charge in [0.2, 0.25) is 5.70 Å². The molecule has 0 unspecified atom stereocenters. The Morgan fingerprint density at radius 2 is 1.63 bits per heavy atom. The summed E-state index contributed by atoms with van der Waals surface area (Å²) < 4.78 is 0. The molecule has 0 aliphatic heterocycles. The maximum absolute atomic E-state index is 14.6. The van der Waals surface area contributed by atoms with Crippen molar-refractivity contribution in [3.63, 3.8) is 0 Å². The first-order chi connectivity index (χ1) is 19.2. The molecule has 6 rings (SSSR count). The monoisotopic (exact) mass is 552 g/mol. The number of carbonyl (C=O) groups excluding carboxylic acids is 3. The Balaban J connectivity index is 1.46. The Bertz CT molecular complexity index is 1430. The molecule has 5 nitrogen and oxygen atoms in total. The Morgan fingerprint density at radius 3 is 2.32 bits per heavy atom. The summed E-state index contributed by atoms with van der Waals surface area (Å²) in [6.07, 6.45) is 10.2. The van der Waals surface area contributed by atoms with E-state index in [1.54, 1.807) is 0 Å². The van der Waals surface area contributed by atoms with E-state index in [-0.39, 0.29) is 63.1 Å². The van der Waals surface area contributed by atoms with Gasteiger partial charge in [0.1, 0.15) is 0 Å². The van der Waals surface area contributed by atoms with Crippen LogP contribution in [-0.2, 0) is 9.59 Å². The SMILES string of the molecule is [C-]#[N+]C1=C[C@]2(C)C3=CC(=O)[C@@H]4[C@@H]5CC(C)(C)CC[C@]5(NC(=O)c5ccccc5)CC[C@@]4(C)[C@]3(C)CC[C@H]2[C@H](C)C1=O. The van der Waals surface area contributed by atoms with E-state index in [0.29, 0.717) is 5.56 Å². The first-order valence-corrected chi connectivity index (χ1v) is 15.5. The number of carbonyl (C=O) groups is 3. The van der Waals surface area contributed by atoms with Crippen LogP contribution >= 0.6 is 0 Å². The topological polar surface area (TPSA) is 67.6 Å². The maximum atomic E-state index is 14.6. The third-order valence-electron chi connectivity index (χ3n) is 12.9. The molecule has 0 saturated heterocycles. The van der Waals surface area contributed by atoms with E-state index in [2.05, 4.69) is 44.8 Å². The summed E-state index contributed by atoms with van der Waals surface area (Å²) in [6.45, 7) is 21.2. The van der Waals surface area contributed by atoms with Crippen molar-refractivity contribution in [1.82, 2.24) is 5.32 Å². The van der Waals surface area contributed by atoms with Crippen molar-refractivity contribution in [3.8, 4) is 0 Å². The van der Waals surface area contributed by atoms with Gasteiger partial charge in [-0.15, -0.1) is 0 Å². The first-order valence-electron chi connectivity index (χ1n) is 15.5. The second-order valence-corrected chi connectivity index (χ2v) is 15.4. The predicted octanol–water partition coefficient (Wildman–Crippen LogP) is 7.35. The van der Waals surface area contributed by atoms with Crippen molar-refractivity contribution in [2.45, 2.75) is 92.0 Å². The molecule has 216 valence electrons. The number of allylic oxidation sites excluding steroid dienone is 4. The Labute approximate surface area is 245 Å². The maximum Gasteiger partial charge on any atom is 0.251 e. The summed E-state index contributed by atoms with van der Waals surface area (Å²) in [6, 6.07) is 9.44. The molecule has 1 aromatic rings. The molecule has 0 bridgehead atoms. The fraction of sp³-hybridized carbons (Fsp3) is 0.611. The van der Waals surface area contributed by atoms with Gasteiger partial charge in [0, 0.05) is 28.4 Å². The molecule has 0 aromatic heterocycles. The van der Waals surface area contributed by atoms with E-state index in [0.717, 1.165) is 50.5 Å². The molecule has 8 atom stereocenters. The van der Waals surface area contributed by atoms with Crippen LogP contribution in [0.5, 0.6) is 0 Å². The van der Waals surface area contributed by atoms with Gasteiger partial charge < -0.3 is 10.1 Å². The van der Waals surface area contributed by atoms with E-state index in [1.807, 2.05) is 49.4 Å². The molecule has 1 amide bonds. The van der Waals surface area contributed by atoms with Gasteiger partial charge in [-0.25, -0.2) is 4.85 Å². The lowest BCUT2D eigenvalue weighted by molar-refractivity contribution is -0.158. The molecule has 0 heterocycles. The van der Waals surface area contributed by atoms with Crippen LogP contribution in [-0.4, -0.2) is 23.0 Å². The molecular formula is C36H44N2O3. The Kier molecular flexibility index (Phi) is 6.17. The van der Waals surface area contributed by atoms with Gasteiger partial charge in [0.25, 0.3) is 5.91 Å². The summed E-state index contributed by atoms with van der Waals surface area (Å²) in [5.41, 5.74) is 0.682. The zero-order valence-corrected chi connectivity index (χ0v) is 25.5. The third kappa shape index (κ3) is 3.81. The lowest BCUT2D eigenvalue weighted by Gasteiger charge is -2.68. The van der Waals surface area contributed by atoms with Gasteiger partial charge in [-0.05, 0) is 91.2 Å². The molecule has 3 saturated carbocycles. The number of amides is 1. The molecule has 5 aliphatic carbocycles. The van der Waals surface area contributed by atoms with Crippen LogP contribution in [0.1, 0.15) is 96.8 Å². The second kappa shape index (κ2) is 9.00. The summed E-state index contributed by atoms with van der Waals surface area (Å²) in [7, 11) is 0. The lowest BCUT2D eigenvalue weighted by Crippen LogP contribution is -2.69. The number of nitrogens with one attached hydrogen (secondary N) is 1. The minimum absolute atomic E-state index is 0.0460. The number of hydrogen-bond donors (Lipinski definition) is 1. The van der Waals surface area contributed by atoms with Crippen molar-refractivity contribution in [2.24, 2.45) is 45.3 Å². The zero-order chi connectivity index (χ0) is 29.6. The van der Waals surface area contributed by atoms with E-state index in [4.69, 9.17) is 6.57 Å². The normalized spacial score (nSPS) is 42.8. The number of benzene rings is 1. The highest BCUT2D eigenvalue weighted by Gasteiger charge is 2.69. The fourth-order valence-electron chi connectivity index (χ4n) is 10.3. The van der Waals surface area contributed by atoms with E-state index in [1.165, 1.54) is 0 Å². The molecule has 0 radical (unpaired) electrons. The lowest BCUT2D eigenvalue weighted by atomic mass is 9.36. The van der Waals surface area contributed by atoms with E-state index >= 15 is 0 Å². The molecule has 5 heteroatoms. The van der Waals surface area contributed by atoms with E-state index in [9.17, 15) is 14.4 Å². The number of ketones is 2. The Hall–Kier alpha value is -3.00. The van der Waals surface area contributed by atoms with Crippen LogP contribution in [0, 0.1) is 51.9 Å². The summed E-state index contributed by atoms with van der Waals surface area (Å²) in [5.74, 6) is -0.209. The van der Waals surface area contributed by atoms with Crippen LogP contribution in [0.4, 0.5) is 0 Å². The standard InChI is InChI=1S/C36H44N2O3/c1-22-24-13-14-34(5)28(33(24,4)21-26(37-7)30(22)40)19-27(39)29-25-20-32(2,3)15-17-36(25,18-16-35(29,34)6)38-31(41)23-11-9-8-10-12-23/h8-12,19,21-22,24-25,29H,13-18,20H2,1-6H3,(H,38,41)/t22-,24-,25-,29-,33-,34+,35+,36-/m0/s1. The van der Waals surface area contributed by atoms with Crippen LogP contribution in [0.15, 0.2) is 53.8 Å². The van der Waals surface area contributed by atoms with Crippen molar-refractivity contribution in [3.05, 3.63) is 70.7 Å². The van der Waals surface area contributed by atoms with Crippen molar-refractivity contribution in [1.29, 1.82) is 0 Å².